The van der Waals surface area contributed by atoms with Gasteiger partial charge in [0, 0.05) is 10.3 Å². The molecular weight excluding hydrogens is 682 g/mol. The van der Waals surface area contributed by atoms with Crippen LogP contribution >= 0.6 is 45.2 Å². The van der Waals surface area contributed by atoms with E-state index in [-0.39, 0.29) is 34.3 Å². The maximum atomic E-state index is 11.5. The Balaban J connectivity index is 1.62. The quantitative estimate of drug-likeness (QED) is 0.128. The highest BCUT2D eigenvalue weighted by atomic mass is 127. The third kappa shape index (κ3) is 7.28. The molecule has 0 aliphatic heterocycles. The van der Waals surface area contributed by atoms with Crippen molar-refractivity contribution in [3.8, 4) is 0 Å². The predicted molar refractivity (Wildman–Crippen MR) is 156 cm³/mol. The zero-order valence-electron chi connectivity index (χ0n) is 19.8. The van der Waals surface area contributed by atoms with E-state index in [9.17, 15) is 4.79 Å². The van der Waals surface area contributed by atoms with E-state index in [4.69, 9.17) is 18.9 Å². The molecule has 3 aromatic rings. The molecule has 5 nitrogen and oxygen atoms in total. The van der Waals surface area contributed by atoms with Crippen molar-refractivity contribution in [2.24, 2.45) is 5.92 Å². The van der Waals surface area contributed by atoms with E-state index in [1.54, 1.807) is 0 Å². The molecule has 1 aliphatic rings. The SMILES string of the molecule is O=CO[C@H]1[C@H](I)[C@H](OCc2ccccc2)[C@@H](OCc2ccccc2)[C@H](OCc2ccccc2)[C@H]1CI. The summed E-state index contributed by atoms with van der Waals surface area (Å²) >= 11 is 4.71. The summed E-state index contributed by atoms with van der Waals surface area (Å²) < 4.78 is 26.0. The molecule has 36 heavy (non-hydrogen) atoms. The van der Waals surface area contributed by atoms with Crippen LogP contribution in [0.5, 0.6) is 0 Å². The van der Waals surface area contributed by atoms with E-state index in [0.29, 0.717) is 26.3 Å². The minimum Gasteiger partial charge on any atom is -0.463 e. The molecular formula is C29H30I2O5. The average molecular weight is 712 g/mol. The maximum absolute atomic E-state index is 11.5. The van der Waals surface area contributed by atoms with Crippen molar-refractivity contribution in [3.63, 3.8) is 0 Å². The predicted octanol–water partition coefficient (Wildman–Crippen LogP) is 6.15. The second kappa shape index (κ2) is 14.4. The number of ether oxygens (including phenoxy) is 4. The minimum absolute atomic E-state index is 0.0428. The lowest BCUT2D eigenvalue weighted by atomic mass is 9.80. The lowest BCUT2D eigenvalue weighted by Gasteiger charge is -2.47. The molecule has 0 spiro atoms. The van der Waals surface area contributed by atoms with Gasteiger partial charge in [0.2, 0.25) is 0 Å². The highest BCUT2D eigenvalue weighted by molar-refractivity contribution is 14.1. The lowest BCUT2D eigenvalue weighted by Crippen LogP contribution is -2.62. The number of carbonyl (C=O) groups is 1. The molecule has 0 unspecified atom stereocenters. The molecule has 0 N–H and O–H groups in total. The van der Waals surface area contributed by atoms with Crippen molar-refractivity contribution in [2.75, 3.05) is 4.43 Å². The number of benzene rings is 3. The maximum Gasteiger partial charge on any atom is 0.293 e. The minimum atomic E-state index is -0.349. The second-order valence-electron chi connectivity index (χ2n) is 8.74. The Hall–Kier alpha value is -1.53. The fourth-order valence-corrected chi connectivity index (χ4v) is 6.85. The van der Waals surface area contributed by atoms with Crippen LogP contribution in [0.4, 0.5) is 0 Å². The molecule has 1 saturated carbocycles. The Kier molecular flexibility index (Phi) is 11.0. The van der Waals surface area contributed by atoms with Crippen molar-refractivity contribution in [3.05, 3.63) is 108 Å². The number of carbonyl (C=O) groups excluding carboxylic acids is 1. The first-order valence-corrected chi connectivity index (χ1v) is 14.7. The van der Waals surface area contributed by atoms with Gasteiger partial charge in [-0.1, -0.05) is 136 Å². The Morgan fingerprint density at radius 2 is 1.03 bits per heavy atom. The molecule has 0 aromatic heterocycles. The van der Waals surface area contributed by atoms with Gasteiger partial charge in [-0.2, -0.15) is 0 Å². The van der Waals surface area contributed by atoms with E-state index in [1.165, 1.54) is 0 Å². The molecule has 6 atom stereocenters. The fourth-order valence-electron chi connectivity index (χ4n) is 4.53. The molecule has 0 bridgehead atoms. The van der Waals surface area contributed by atoms with Gasteiger partial charge in [0.05, 0.1) is 29.8 Å². The summed E-state index contributed by atoms with van der Waals surface area (Å²) in [7, 11) is 0. The average Bonchev–Trinajstić information content (AvgIpc) is 2.93. The zero-order valence-corrected chi connectivity index (χ0v) is 24.1. The molecule has 190 valence electrons. The molecule has 0 radical (unpaired) electrons. The van der Waals surface area contributed by atoms with Gasteiger partial charge < -0.3 is 18.9 Å². The van der Waals surface area contributed by atoms with E-state index < -0.39 is 0 Å². The highest BCUT2D eigenvalue weighted by Crippen LogP contribution is 2.39. The zero-order chi connectivity index (χ0) is 25.2. The van der Waals surface area contributed by atoms with Crippen LogP contribution in [0.3, 0.4) is 0 Å². The largest absolute Gasteiger partial charge is 0.463 e. The monoisotopic (exact) mass is 712 g/mol. The van der Waals surface area contributed by atoms with E-state index in [2.05, 4.69) is 57.3 Å². The second-order valence-corrected chi connectivity index (χ2v) is 11.1. The molecule has 0 heterocycles. The number of halogens is 2. The van der Waals surface area contributed by atoms with Crippen LogP contribution < -0.4 is 0 Å². The summed E-state index contributed by atoms with van der Waals surface area (Å²) in [6.07, 6.45) is -1.34. The normalized spacial score (nSPS) is 25.8. The van der Waals surface area contributed by atoms with Crippen LogP contribution in [-0.4, -0.2) is 39.2 Å². The van der Waals surface area contributed by atoms with Gasteiger partial charge in [0.1, 0.15) is 18.3 Å². The summed E-state index contributed by atoms with van der Waals surface area (Å²) in [5.41, 5.74) is 3.25. The van der Waals surface area contributed by atoms with Gasteiger partial charge in [0.25, 0.3) is 6.47 Å². The van der Waals surface area contributed by atoms with Crippen LogP contribution in [0.25, 0.3) is 0 Å². The topological polar surface area (TPSA) is 54.0 Å². The van der Waals surface area contributed by atoms with Crippen LogP contribution in [0.2, 0.25) is 0 Å². The van der Waals surface area contributed by atoms with Gasteiger partial charge in [-0.05, 0) is 16.7 Å². The van der Waals surface area contributed by atoms with E-state index in [1.807, 2.05) is 78.9 Å². The standard InChI is InChI=1S/C29H30I2O5/c30-16-24-26(36-20-32)25(31)28(34-18-22-12-6-2-7-13-22)29(35-19-23-14-8-3-9-15-23)27(24)33-17-21-10-4-1-5-11-21/h1-15,20,24-29H,16-19H2/t24-,25-,26+,27+,28-,29-/m0/s1. The van der Waals surface area contributed by atoms with Crippen LogP contribution in [-0.2, 0) is 43.6 Å². The molecule has 1 aliphatic carbocycles. The summed E-state index contributed by atoms with van der Waals surface area (Å²) in [5.74, 6) is -0.0428. The summed E-state index contributed by atoms with van der Waals surface area (Å²) in [5, 5.41) is 0. The fraction of sp³-hybridized carbons (Fsp3) is 0.345. The van der Waals surface area contributed by atoms with E-state index in [0.717, 1.165) is 21.1 Å². The van der Waals surface area contributed by atoms with E-state index >= 15 is 0 Å². The molecule has 0 saturated heterocycles. The van der Waals surface area contributed by atoms with Crippen molar-refractivity contribution in [1.29, 1.82) is 0 Å². The van der Waals surface area contributed by atoms with Gasteiger partial charge >= 0.3 is 0 Å². The summed E-state index contributed by atoms with van der Waals surface area (Å²) in [4.78, 5) is 11.5. The number of alkyl halides is 2. The molecule has 4 rings (SSSR count). The Bertz CT molecular complexity index is 1040. The van der Waals surface area contributed by atoms with Gasteiger partial charge in [-0.3, -0.25) is 4.79 Å². The number of rotatable bonds is 12. The Morgan fingerprint density at radius 1 is 0.611 bits per heavy atom. The van der Waals surface area contributed by atoms with Crippen LogP contribution in [0.1, 0.15) is 16.7 Å². The first kappa shape index (κ1) is 27.5. The first-order valence-electron chi connectivity index (χ1n) is 12.0. The van der Waals surface area contributed by atoms with Crippen LogP contribution in [0.15, 0.2) is 91.0 Å². The van der Waals surface area contributed by atoms with Gasteiger partial charge in [0.15, 0.2) is 0 Å². The third-order valence-electron chi connectivity index (χ3n) is 6.37. The van der Waals surface area contributed by atoms with Crippen molar-refractivity contribution in [2.45, 2.75) is 48.2 Å². The van der Waals surface area contributed by atoms with Crippen molar-refractivity contribution in [1.82, 2.24) is 0 Å². The third-order valence-corrected chi connectivity index (χ3v) is 8.80. The van der Waals surface area contributed by atoms with Gasteiger partial charge in [-0.15, -0.1) is 0 Å². The van der Waals surface area contributed by atoms with Crippen LogP contribution in [0, 0.1) is 5.92 Å². The summed E-state index contributed by atoms with van der Waals surface area (Å²) in [6, 6.07) is 30.3. The summed E-state index contributed by atoms with van der Waals surface area (Å²) in [6.45, 7) is 1.86. The smallest absolute Gasteiger partial charge is 0.293 e. The Labute approximate surface area is 240 Å². The first-order chi connectivity index (χ1) is 17.7. The molecule has 3 aromatic carbocycles. The lowest BCUT2D eigenvalue weighted by molar-refractivity contribution is -0.206. The number of hydrogen-bond acceptors (Lipinski definition) is 5. The van der Waals surface area contributed by atoms with Crippen molar-refractivity contribution >= 4 is 51.7 Å². The number of hydrogen-bond donors (Lipinski definition) is 0. The van der Waals surface area contributed by atoms with Crippen molar-refractivity contribution < 1.29 is 23.7 Å². The molecule has 0 amide bonds. The molecule has 1 fully saturated rings. The highest BCUT2D eigenvalue weighted by Gasteiger charge is 2.52. The molecule has 7 heteroatoms. The Morgan fingerprint density at radius 3 is 1.44 bits per heavy atom. The van der Waals surface area contributed by atoms with Gasteiger partial charge in [-0.25, -0.2) is 0 Å².